The first-order valence-electron chi connectivity index (χ1n) is 3.95. The van der Waals surface area contributed by atoms with Gasteiger partial charge in [-0.05, 0) is 13.3 Å². The summed E-state index contributed by atoms with van der Waals surface area (Å²) in [5.74, 6) is 0. The van der Waals surface area contributed by atoms with Crippen molar-refractivity contribution in [3.63, 3.8) is 0 Å². The Balaban J connectivity index is 0. The summed E-state index contributed by atoms with van der Waals surface area (Å²) in [6.07, 6.45) is 3.19. The van der Waals surface area contributed by atoms with E-state index in [0.717, 1.165) is 12.8 Å². The van der Waals surface area contributed by atoms with Gasteiger partial charge in [-0.25, -0.2) is 0 Å². The van der Waals surface area contributed by atoms with Gasteiger partial charge in [-0.2, -0.15) is 0 Å². The van der Waals surface area contributed by atoms with Gasteiger partial charge in [0.15, 0.2) is 0 Å². The molecule has 0 aliphatic heterocycles. The lowest BCUT2D eigenvalue weighted by Gasteiger charge is -1.98. The molecule has 0 saturated carbocycles. The molecule has 0 amide bonds. The molecular weight excluding hydrogens is 112 g/mol. The maximum atomic E-state index is 8.68. The fourth-order valence-electron chi connectivity index (χ4n) is 0.500. The second kappa shape index (κ2) is 10.9. The van der Waals surface area contributed by atoms with Gasteiger partial charge in [0.1, 0.15) is 0 Å². The number of unbranched alkanes of at least 4 members (excludes halogenated alkanes) is 1. The van der Waals surface area contributed by atoms with Gasteiger partial charge in [-0.1, -0.05) is 33.6 Å². The Labute approximate surface area is 59.1 Å². The van der Waals surface area contributed by atoms with Crippen molar-refractivity contribution in [1.82, 2.24) is 0 Å². The molecule has 1 atom stereocenters. The summed E-state index contributed by atoms with van der Waals surface area (Å²) in [4.78, 5) is 0. The molecule has 0 aromatic carbocycles. The Hall–Kier alpha value is -0.0400. The summed E-state index contributed by atoms with van der Waals surface area (Å²) < 4.78 is 0. The van der Waals surface area contributed by atoms with E-state index in [0.29, 0.717) is 0 Å². The van der Waals surface area contributed by atoms with Crippen LogP contribution in [0.4, 0.5) is 0 Å². The highest BCUT2D eigenvalue weighted by molar-refractivity contribution is 4.43. The van der Waals surface area contributed by atoms with E-state index in [1.807, 2.05) is 20.8 Å². The van der Waals surface area contributed by atoms with Crippen molar-refractivity contribution in [2.24, 2.45) is 0 Å². The monoisotopic (exact) mass is 132 g/mol. The number of hydrogen-bond acceptors (Lipinski definition) is 1. The van der Waals surface area contributed by atoms with E-state index in [9.17, 15) is 0 Å². The highest BCUT2D eigenvalue weighted by atomic mass is 16.3. The molecule has 1 unspecified atom stereocenters. The summed E-state index contributed by atoms with van der Waals surface area (Å²) in [7, 11) is 0. The summed E-state index contributed by atoms with van der Waals surface area (Å²) in [6, 6.07) is 0. The number of hydrogen-bond donors (Lipinski definition) is 1. The largest absolute Gasteiger partial charge is 0.393 e. The molecule has 1 heteroatoms. The Morgan fingerprint density at radius 3 is 1.89 bits per heavy atom. The van der Waals surface area contributed by atoms with Gasteiger partial charge in [0, 0.05) is 0 Å². The lowest BCUT2D eigenvalue weighted by atomic mass is 10.2. The summed E-state index contributed by atoms with van der Waals surface area (Å²) in [5, 5.41) is 8.68. The van der Waals surface area contributed by atoms with Gasteiger partial charge < -0.3 is 5.11 Å². The van der Waals surface area contributed by atoms with Gasteiger partial charge >= 0.3 is 0 Å². The summed E-state index contributed by atoms with van der Waals surface area (Å²) in [6.45, 7) is 7.96. The smallest absolute Gasteiger partial charge is 0.0512 e. The molecule has 0 fully saturated rings. The van der Waals surface area contributed by atoms with E-state index in [2.05, 4.69) is 6.92 Å². The lowest BCUT2D eigenvalue weighted by Crippen LogP contribution is -1.97. The predicted octanol–water partition coefficient (Wildman–Crippen LogP) is 2.58. The number of aliphatic hydroxyl groups excluding tert-OH is 1. The SMILES string of the molecule is CC.CCCCC(C)O. The maximum Gasteiger partial charge on any atom is 0.0512 e. The third-order valence-electron chi connectivity index (χ3n) is 0.975. The third kappa shape index (κ3) is 18.0. The van der Waals surface area contributed by atoms with Crippen molar-refractivity contribution >= 4 is 0 Å². The Morgan fingerprint density at radius 1 is 1.33 bits per heavy atom. The van der Waals surface area contributed by atoms with Gasteiger partial charge in [0.2, 0.25) is 0 Å². The van der Waals surface area contributed by atoms with Crippen LogP contribution < -0.4 is 0 Å². The average Bonchev–Trinajstić information content (AvgIpc) is 1.88. The highest BCUT2D eigenvalue weighted by Crippen LogP contribution is 1.97. The zero-order chi connectivity index (χ0) is 7.70. The van der Waals surface area contributed by atoms with E-state index >= 15 is 0 Å². The molecule has 0 aliphatic carbocycles. The second-order valence-electron chi connectivity index (χ2n) is 1.99. The zero-order valence-electron chi connectivity index (χ0n) is 7.15. The van der Waals surface area contributed by atoms with Crippen LogP contribution >= 0.6 is 0 Å². The zero-order valence-corrected chi connectivity index (χ0v) is 7.15. The van der Waals surface area contributed by atoms with Crippen LogP contribution in [0.25, 0.3) is 0 Å². The molecule has 9 heavy (non-hydrogen) atoms. The van der Waals surface area contributed by atoms with Crippen molar-refractivity contribution in [3.05, 3.63) is 0 Å². The highest BCUT2D eigenvalue weighted by Gasteiger charge is 1.90. The van der Waals surface area contributed by atoms with Gasteiger partial charge in [0.25, 0.3) is 0 Å². The van der Waals surface area contributed by atoms with E-state index in [1.165, 1.54) is 6.42 Å². The fraction of sp³-hybridized carbons (Fsp3) is 1.00. The number of rotatable bonds is 3. The molecule has 58 valence electrons. The van der Waals surface area contributed by atoms with E-state index in [-0.39, 0.29) is 6.10 Å². The molecule has 0 aromatic heterocycles. The molecule has 1 N–H and O–H groups in total. The van der Waals surface area contributed by atoms with Crippen molar-refractivity contribution in [2.45, 2.75) is 53.1 Å². The molecule has 0 rings (SSSR count). The van der Waals surface area contributed by atoms with Crippen LogP contribution in [0.1, 0.15) is 47.0 Å². The topological polar surface area (TPSA) is 20.2 Å². The molecule has 1 nitrogen and oxygen atoms in total. The van der Waals surface area contributed by atoms with E-state index in [4.69, 9.17) is 5.11 Å². The quantitative estimate of drug-likeness (QED) is 0.625. The maximum absolute atomic E-state index is 8.68. The van der Waals surface area contributed by atoms with Crippen LogP contribution in [0.5, 0.6) is 0 Å². The minimum Gasteiger partial charge on any atom is -0.393 e. The van der Waals surface area contributed by atoms with Crippen molar-refractivity contribution in [2.75, 3.05) is 0 Å². The van der Waals surface area contributed by atoms with Gasteiger partial charge in [-0.3, -0.25) is 0 Å². The minimum atomic E-state index is -0.0973. The molecule has 0 aliphatic rings. The van der Waals surface area contributed by atoms with Crippen molar-refractivity contribution in [3.8, 4) is 0 Å². The van der Waals surface area contributed by atoms with Crippen LogP contribution in [0.15, 0.2) is 0 Å². The van der Waals surface area contributed by atoms with Crippen LogP contribution in [-0.4, -0.2) is 11.2 Å². The van der Waals surface area contributed by atoms with E-state index in [1.54, 1.807) is 0 Å². The first kappa shape index (κ1) is 11.7. The molecule has 0 radical (unpaired) electrons. The van der Waals surface area contributed by atoms with E-state index < -0.39 is 0 Å². The van der Waals surface area contributed by atoms with Crippen molar-refractivity contribution < 1.29 is 5.11 Å². The lowest BCUT2D eigenvalue weighted by molar-refractivity contribution is 0.181. The Bertz CT molecular complexity index is 33.5. The first-order valence-corrected chi connectivity index (χ1v) is 3.95. The third-order valence-corrected chi connectivity index (χ3v) is 0.975. The summed E-state index contributed by atoms with van der Waals surface area (Å²) in [5.41, 5.74) is 0. The first-order chi connectivity index (χ1) is 4.27. The predicted molar refractivity (Wildman–Crippen MR) is 42.6 cm³/mol. The second-order valence-corrected chi connectivity index (χ2v) is 1.99. The minimum absolute atomic E-state index is 0.0973. The van der Waals surface area contributed by atoms with Gasteiger partial charge in [-0.15, -0.1) is 0 Å². The molecule has 0 saturated heterocycles. The molecule has 0 bridgehead atoms. The molecule has 0 aromatic rings. The normalized spacial score (nSPS) is 11.7. The molecular formula is C8H20O. The summed E-state index contributed by atoms with van der Waals surface area (Å²) >= 11 is 0. The van der Waals surface area contributed by atoms with Crippen LogP contribution in [0, 0.1) is 0 Å². The van der Waals surface area contributed by atoms with Crippen LogP contribution in [-0.2, 0) is 0 Å². The fourth-order valence-corrected chi connectivity index (χ4v) is 0.500. The van der Waals surface area contributed by atoms with Crippen LogP contribution in [0.2, 0.25) is 0 Å². The van der Waals surface area contributed by atoms with Crippen molar-refractivity contribution in [1.29, 1.82) is 0 Å². The number of aliphatic hydroxyl groups is 1. The standard InChI is InChI=1S/C6H14O.C2H6/c1-3-4-5-6(2)7;1-2/h6-7H,3-5H2,1-2H3;1-2H3. The average molecular weight is 132 g/mol. The molecule has 0 spiro atoms. The van der Waals surface area contributed by atoms with Crippen LogP contribution in [0.3, 0.4) is 0 Å². The molecule has 0 heterocycles. The van der Waals surface area contributed by atoms with Gasteiger partial charge in [0.05, 0.1) is 6.10 Å². The Kier molecular flexibility index (Phi) is 14.1. The Morgan fingerprint density at radius 2 is 1.78 bits per heavy atom.